The van der Waals surface area contributed by atoms with Crippen LogP contribution in [0, 0.1) is 5.92 Å². The summed E-state index contributed by atoms with van der Waals surface area (Å²) < 4.78 is 1.01. The van der Waals surface area contributed by atoms with Gasteiger partial charge in [-0.3, -0.25) is 0 Å². The van der Waals surface area contributed by atoms with Crippen molar-refractivity contribution < 1.29 is 0 Å². The summed E-state index contributed by atoms with van der Waals surface area (Å²) in [5.74, 6) is 2.64. The maximum Gasteiger partial charge on any atom is 0.112 e. The number of nitrogen functional groups attached to an aromatic ring is 1. The summed E-state index contributed by atoms with van der Waals surface area (Å²) in [6.07, 6.45) is 9.32. The van der Waals surface area contributed by atoms with E-state index in [9.17, 15) is 0 Å². The van der Waals surface area contributed by atoms with Crippen molar-refractivity contribution >= 4 is 32.7 Å². The first-order valence-electron chi connectivity index (χ1n) is 8.12. The average molecular weight is 350 g/mol. The number of aromatic nitrogens is 2. The van der Waals surface area contributed by atoms with E-state index in [0.29, 0.717) is 5.92 Å². The number of nitrogens with zero attached hydrogens (tertiary/aromatic N) is 1. The quantitative estimate of drug-likeness (QED) is 0.728. The molecule has 1 fully saturated rings. The Labute approximate surface area is 134 Å². The highest BCUT2D eigenvalue weighted by Crippen LogP contribution is 2.37. The van der Waals surface area contributed by atoms with Crippen molar-refractivity contribution in [1.29, 1.82) is 0 Å². The van der Waals surface area contributed by atoms with E-state index in [1.807, 2.05) is 6.07 Å². The minimum absolute atomic E-state index is 0.577. The van der Waals surface area contributed by atoms with E-state index < -0.39 is 0 Å². The molecule has 2 aromatic rings. The lowest BCUT2D eigenvalue weighted by Crippen LogP contribution is -2.14. The number of benzene rings is 1. The molecule has 4 heteroatoms. The van der Waals surface area contributed by atoms with Crippen LogP contribution in [0.2, 0.25) is 0 Å². The monoisotopic (exact) mass is 349 g/mol. The number of nitrogens with two attached hydrogens (primary N) is 1. The molecule has 0 unspecified atom stereocenters. The molecule has 1 saturated carbocycles. The summed E-state index contributed by atoms with van der Waals surface area (Å²) >= 11 is 3.49. The summed E-state index contributed by atoms with van der Waals surface area (Å²) in [7, 11) is 0. The molecular formula is C17H24BrN3. The summed E-state index contributed by atoms with van der Waals surface area (Å²) in [6.45, 7) is 2.28. The minimum atomic E-state index is 0.577. The van der Waals surface area contributed by atoms with Gasteiger partial charge in [-0.2, -0.15) is 0 Å². The van der Waals surface area contributed by atoms with Gasteiger partial charge in [-0.15, -0.1) is 0 Å². The first-order valence-corrected chi connectivity index (χ1v) is 8.91. The summed E-state index contributed by atoms with van der Waals surface area (Å²) in [5, 5.41) is 0. The molecule has 0 spiro atoms. The molecule has 0 saturated heterocycles. The topological polar surface area (TPSA) is 54.7 Å². The van der Waals surface area contributed by atoms with Crippen LogP contribution in [-0.4, -0.2) is 9.97 Å². The van der Waals surface area contributed by atoms with Crippen molar-refractivity contribution in [2.24, 2.45) is 5.92 Å². The fourth-order valence-corrected chi connectivity index (χ4v) is 4.01. The molecule has 0 amide bonds. The average Bonchev–Trinajstić information content (AvgIpc) is 2.90. The molecule has 3 rings (SSSR count). The van der Waals surface area contributed by atoms with Gasteiger partial charge < -0.3 is 10.7 Å². The molecule has 0 atom stereocenters. The van der Waals surface area contributed by atoms with Gasteiger partial charge in [0.1, 0.15) is 11.3 Å². The molecule has 1 aromatic carbocycles. The summed E-state index contributed by atoms with van der Waals surface area (Å²) in [5.41, 5.74) is 8.78. The highest BCUT2D eigenvalue weighted by molar-refractivity contribution is 9.10. The SMILES string of the molecule is CCCCC1CCC(c2nc3c(N)cc(Br)cc3[nH]2)CC1. The van der Waals surface area contributed by atoms with E-state index in [0.717, 1.165) is 32.9 Å². The lowest BCUT2D eigenvalue weighted by Gasteiger charge is -2.27. The molecule has 3 N–H and O–H groups in total. The lowest BCUT2D eigenvalue weighted by atomic mass is 9.79. The van der Waals surface area contributed by atoms with Gasteiger partial charge >= 0.3 is 0 Å². The van der Waals surface area contributed by atoms with E-state index in [2.05, 4.69) is 33.9 Å². The first-order chi connectivity index (χ1) is 10.2. The predicted octanol–water partition coefficient (Wildman–Crippen LogP) is 5.37. The maximum absolute atomic E-state index is 6.06. The summed E-state index contributed by atoms with van der Waals surface area (Å²) in [6, 6.07) is 3.99. The van der Waals surface area contributed by atoms with Gasteiger partial charge in [0.15, 0.2) is 0 Å². The molecule has 21 heavy (non-hydrogen) atoms. The van der Waals surface area contributed by atoms with E-state index in [1.165, 1.54) is 44.9 Å². The normalized spacial score (nSPS) is 22.8. The smallest absolute Gasteiger partial charge is 0.112 e. The van der Waals surface area contributed by atoms with Crippen molar-refractivity contribution in [3.05, 3.63) is 22.4 Å². The largest absolute Gasteiger partial charge is 0.397 e. The van der Waals surface area contributed by atoms with Gasteiger partial charge in [-0.05, 0) is 43.7 Å². The molecule has 114 valence electrons. The third-order valence-corrected chi connectivity index (χ3v) is 5.26. The Morgan fingerprint density at radius 1 is 1.29 bits per heavy atom. The predicted molar refractivity (Wildman–Crippen MR) is 92.4 cm³/mol. The lowest BCUT2D eigenvalue weighted by molar-refractivity contribution is 0.299. The molecule has 0 aliphatic heterocycles. The van der Waals surface area contributed by atoms with Crippen LogP contribution in [0.15, 0.2) is 16.6 Å². The zero-order valence-corrected chi connectivity index (χ0v) is 14.2. The third-order valence-electron chi connectivity index (χ3n) is 4.80. The van der Waals surface area contributed by atoms with Crippen molar-refractivity contribution in [1.82, 2.24) is 9.97 Å². The number of hydrogen-bond donors (Lipinski definition) is 2. The number of H-pyrrole nitrogens is 1. The van der Waals surface area contributed by atoms with Gasteiger partial charge in [0.05, 0.1) is 11.2 Å². The van der Waals surface area contributed by atoms with Gasteiger partial charge in [0.25, 0.3) is 0 Å². The van der Waals surface area contributed by atoms with Crippen molar-refractivity contribution in [3.8, 4) is 0 Å². The second kappa shape index (κ2) is 6.39. The van der Waals surface area contributed by atoms with E-state index in [-0.39, 0.29) is 0 Å². The molecule has 0 bridgehead atoms. The number of halogens is 1. The van der Waals surface area contributed by atoms with Crippen molar-refractivity contribution in [2.45, 2.75) is 57.8 Å². The summed E-state index contributed by atoms with van der Waals surface area (Å²) in [4.78, 5) is 8.25. The van der Waals surface area contributed by atoms with Crippen LogP contribution in [0.25, 0.3) is 11.0 Å². The number of imidazole rings is 1. The Balaban J connectivity index is 1.72. The van der Waals surface area contributed by atoms with Crippen LogP contribution in [0.4, 0.5) is 5.69 Å². The fourth-order valence-electron chi connectivity index (χ4n) is 3.54. The zero-order valence-electron chi connectivity index (χ0n) is 12.7. The van der Waals surface area contributed by atoms with Crippen LogP contribution in [0.1, 0.15) is 63.6 Å². The highest BCUT2D eigenvalue weighted by atomic mass is 79.9. The van der Waals surface area contributed by atoms with E-state index in [4.69, 9.17) is 10.7 Å². The molecule has 1 heterocycles. The Morgan fingerprint density at radius 3 is 2.76 bits per heavy atom. The van der Waals surface area contributed by atoms with E-state index in [1.54, 1.807) is 0 Å². The van der Waals surface area contributed by atoms with Gasteiger partial charge in [0, 0.05) is 10.4 Å². The van der Waals surface area contributed by atoms with Crippen LogP contribution < -0.4 is 5.73 Å². The van der Waals surface area contributed by atoms with Gasteiger partial charge in [-0.25, -0.2) is 4.98 Å². The van der Waals surface area contributed by atoms with Gasteiger partial charge in [0.2, 0.25) is 0 Å². The fraction of sp³-hybridized carbons (Fsp3) is 0.588. The molecule has 1 aliphatic carbocycles. The molecule has 3 nitrogen and oxygen atoms in total. The Kier molecular flexibility index (Phi) is 4.53. The molecular weight excluding hydrogens is 326 g/mol. The standard InChI is InChI=1S/C17H24BrN3/c1-2-3-4-11-5-7-12(8-6-11)17-20-15-10-13(18)9-14(19)16(15)21-17/h9-12H,2-8,19H2,1H3,(H,20,21). The number of hydrogen-bond acceptors (Lipinski definition) is 2. The number of unbranched alkanes of at least 4 members (excludes halogenated alkanes) is 1. The number of aromatic amines is 1. The number of nitrogens with one attached hydrogen (secondary N) is 1. The minimum Gasteiger partial charge on any atom is -0.397 e. The maximum atomic E-state index is 6.06. The third kappa shape index (κ3) is 3.25. The Morgan fingerprint density at radius 2 is 2.05 bits per heavy atom. The van der Waals surface area contributed by atoms with Crippen LogP contribution >= 0.6 is 15.9 Å². The molecule has 0 radical (unpaired) electrons. The first kappa shape index (κ1) is 14.9. The van der Waals surface area contributed by atoms with Crippen LogP contribution in [-0.2, 0) is 0 Å². The molecule has 1 aromatic heterocycles. The Bertz CT molecular complexity index is 612. The second-order valence-corrected chi connectivity index (χ2v) is 7.29. The highest BCUT2D eigenvalue weighted by Gasteiger charge is 2.24. The number of anilines is 1. The van der Waals surface area contributed by atoms with Crippen molar-refractivity contribution in [3.63, 3.8) is 0 Å². The van der Waals surface area contributed by atoms with Gasteiger partial charge in [-0.1, -0.05) is 42.1 Å². The second-order valence-electron chi connectivity index (χ2n) is 6.37. The Hall–Kier alpha value is -1.03. The van der Waals surface area contributed by atoms with Crippen LogP contribution in [0.5, 0.6) is 0 Å². The van der Waals surface area contributed by atoms with E-state index >= 15 is 0 Å². The zero-order chi connectivity index (χ0) is 14.8. The van der Waals surface area contributed by atoms with Crippen LogP contribution in [0.3, 0.4) is 0 Å². The number of rotatable bonds is 4. The number of fused-ring (bicyclic) bond motifs is 1. The molecule has 1 aliphatic rings. The van der Waals surface area contributed by atoms with Crippen molar-refractivity contribution in [2.75, 3.05) is 5.73 Å².